The van der Waals surface area contributed by atoms with Crippen molar-refractivity contribution in [2.45, 2.75) is 25.2 Å². The number of carboxylic acids is 1. The van der Waals surface area contributed by atoms with Crippen LogP contribution in [0.4, 0.5) is 26.3 Å². The average Bonchev–Trinajstić information content (AvgIpc) is 3.10. The summed E-state index contributed by atoms with van der Waals surface area (Å²) < 4.78 is 85.9. The van der Waals surface area contributed by atoms with E-state index in [-0.39, 0.29) is 17.3 Å². The molecule has 0 aliphatic carbocycles. The number of aliphatic carboxylic acids is 1. The molecule has 0 saturated heterocycles. The number of benzene rings is 4. The van der Waals surface area contributed by atoms with E-state index in [1.165, 1.54) is 36.4 Å². The summed E-state index contributed by atoms with van der Waals surface area (Å²) in [6, 6.07) is 21.2. The molecule has 1 N–H and O–H groups in total. The third kappa shape index (κ3) is 9.16. The van der Waals surface area contributed by atoms with Gasteiger partial charge < -0.3 is 14.6 Å². The van der Waals surface area contributed by atoms with Gasteiger partial charge in [-0.1, -0.05) is 84.9 Å². The van der Waals surface area contributed by atoms with Crippen molar-refractivity contribution < 1.29 is 50.5 Å². The van der Waals surface area contributed by atoms with Crippen LogP contribution in [0.2, 0.25) is 0 Å². The molecule has 1 atom stereocenters. The summed E-state index contributed by atoms with van der Waals surface area (Å²) in [6.45, 7) is 3.41. The standard InChI is InChI=1S/C38H28F6O5/c1-23(37(46)47)26-9-3-24(4-10-26)7-17-30(45)18-8-25-5-11-27(12-6-25)38(2,28-13-19-31(20-14-28)48-35(43)33(39)40)29-15-21-32(22-16-29)49-36(44)34(41)42/h3-23H,1-2H3,(H,46,47)/b17-7+,18-8+. The molecule has 0 fully saturated rings. The zero-order valence-corrected chi connectivity index (χ0v) is 26.0. The van der Waals surface area contributed by atoms with Crippen molar-refractivity contribution in [1.82, 2.24) is 0 Å². The van der Waals surface area contributed by atoms with Crippen molar-refractivity contribution in [1.29, 1.82) is 0 Å². The molecule has 0 aliphatic rings. The van der Waals surface area contributed by atoms with Crippen LogP contribution in [0.1, 0.15) is 53.1 Å². The van der Waals surface area contributed by atoms with Gasteiger partial charge in [-0.25, -0.2) is 0 Å². The second-order valence-electron chi connectivity index (χ2n) is 10.9. The van der Waals surface area contributed by atoms with Crippen molar-refractivity contribution in [3.63, 3.8) is 0 Å². The summed E-state index contributed by atoms with van der Waals surface area (Å²) in [4.78, 5) is 23.7. The fourth-order valence-electron chi connectivity index (χ4n) is 4.87. The van der Waals surface area contributed by atoms with Gasteiger partial charge in [-0.2, -0.15) is 26.3 Å². The van der Waals surface area contributed by atoms with E-state index in [4.69, 9.17) is 5.11 Å². The molecule has 0 aromatic heterocycles. The molecule has 11 heteroatoms. The van der Waals surface area contributed by atoms with Crippen LogP contribution >= 0.6 is 0 Å². The van der Waals surface area contributed by atoms with Gasteiger partial charge in [0.15, 0.2) is 5.78 Å². The number of hydrogen-bond donors (Lipinski definition) is 1. The average molecular weight is 679 g/mol. The zero-order chi connectivity index (χ0) is 35.7. The van der Waals surface area contributed by atoms with E-state index in [2.05, 4.69) is 9.47 Å². The molecule has 5 nitrogen and oxygen atoms in total. The molecule has 1 unspecified atom stereocenters. The summed E-state index contributed by atoms with van der Waals surface area (Å²) in [5.41, 5.74) is 2.98. The SMILES string of the molecule is CC(C(=O)O)c1ccc(/C=C/C(=O)/C=C/c2ccc(C(C)(c3ccc(OC(F)=C(F)F)cc3)c3ccc(OC(F)=C(F)F)cc3)cc2)cc1. The summed E-state index contributed by atoms with van der Waals surface area (Å²) in [5.74, 6) is -2.24. The number of carboxylic acid groups (broad SMARTS) is 1. The Balaban J connectivity index is 1.58. The lowest BCUT2D eigenvalue weighted by Gasteiger charge is -2.32. The summed E-state index contributed by atoms with van der Waals surface area (Å²) >= 11 is 0. The Morgan fingerprint density at radius 1 is 0.612 bits per heavy atom. The van der Waals surface area contributed by atoms with Crippen LogP contribution in [-0.4, -0.2) is 16.9 Å². The minimum atomic E-state index is -2.61. The summed E-state index contributed by atoms with van der Waals surface area (Å²) in [7, 11) is 0. The van der Waals surface area contributed by atoms with Gasteiger partial charge in [0, 0.05) is 5.41 Å². The van der Waals surface area contributed by atoms with Crippen LogP contribution in [0.5, 0.6) is 11.5 Å². The van der Waals surface area contributed by atoms with E-state index >= 15 is 0 Å². The predicted molar refractivity (Wildman–Crippen MR) is 172 cm³/mol. The monoisotopic (exact) mass is 678 g/mol. The predicted octanol–water partition coefficient (Wildman–Crippen LogP) is 10.4. The fraction of sp³-hybridized carbons (Fsp3) is 0.105. The lowest BCUT2D eigenvalue weighted by Crippen LogP contribution is -2.25. The maximum absolute atomic E-state index is 13.4. The van der Waals surface area contributed by atoms with Gasteiger partial charge in [-0.15, -0.1) is 0 Å². The first kappa shape index (κ1) is 36.0. The Morgan fingerprint density at radius 3 is 1.31 bits per heavy atom. The second kappa shape index (κ2) is 15.8. The number of carbonyl (C=O) groups excluding carboxylic acids is 1. The van der Waals surface area contributed by atoms with Gasteiger partial charge in [0.2, 0.25) is 0 Å². The molecule has 0 saturated carbocycles. The van der Waals surface area contributed by atoms with Crippen LogP contribution in [0.3, 0.4) is 0 Å². The summed E-state index contributed by atoms with van der Waals surface area (Å²) in [6.07, 6.45) is 0.764. The van der Waals surface area contributed by atoms with Crippen LogP contribution in [0.25, 0.3) is 12.2 Å². The lowest BCUT2D eigenvalue weighted by molar-refractivity contribution is -0.138. The molecule has 0 amide bonds. The van der Waals surface area contributed by atoms with Crippen molar-refractivity contribution in [2.24, 2.45) is 0 Å². The van der Waals surface area contributed by atoms with Crippen LogP contribution in [-0.2, 0) is 15.0 Å². The Morgan fingerprint density at radius 2 is 0.959 bits per heavy atom. The fourth-order valence-corrected chi connectivity index (χ4v) is 4.87. The number of halogens is 6. The van der Waals surface area contributed by atoms with Gasteiger partial charge in [0.1, 0.15) is 11.5 Å². The topological polar surface area (TPSA) is 72.8 Å². The van der Waals surface area contributed by atoms with E-state index in [0.717, 1.165) is 5.56 Å². The molecule has 0 radical (unpaired) electrons. The van der Waals surface area contributed by atoms with Gasteiger partial charge in [-0.3, -0.25) is 9.59 Å². The largest absolute Gasteiger partial charge is 0.481 e. The number of ketones is 1. The number of allylic oxidation sites excluding steroid dienone is 2. The minimum absolute atomic E-state index is 0.181. The Hall–Kier alpha value is -5.84. The van der Waals surface area contributed by atoms with Crippen molar-refractivity contribution in [3.8, 4) is 11.5 Å². The third-order valence-corrected chi connectivity index (χ3v) is 7.75. The van der Waals surface area contributed by atoms with E-state index in [9.17, 15) is 35.9 Å². The molecule has 4 rings (SSSR count). The van der Waals surface area contributed by atoms with Crippen molar-refractivity contribution >= 4 is 23.9 Å². The quantitative estimate of drug-likeness (QED) is 0.0660. The molecule has 49 heavy (non-hydrogen) atoms. The Kier molecular flexibility index (Phi) is 11.6. The number of rotatable bonds is 13. The number of ether oxygens (including phenoxy) is 2. The molecule has 4 aromatic carbocycles. The van der Waals surface area contributed by atoms with Gasteiger partial charge in [-0.05, 0) is 83.6 Å². The van der Waals surface area contributed by atoms with E-state index < -0.39 is 41.5 Å². The molecular weight excluding hydrogens is 650 g/mol. The first-order valence-electron chi connectivity index (χ1n) is 14.6. The highest BCUT2D eigenvalue weighted by molar-refractivity contribution is 6.04. The molecular formula is C38H28F6O5. The van der Waals surface area contributed by atoms with Crippen molar-refractivity contribution in [3.05, 3.63) is 167 Å². The van der Waals surface area contributed by atoms with E-state index in [0.29, 0.717) is 27.8 Å². The van der Waals surface area contributed by atoms with Crippen LogP contribution < -0.4 is 9.47 Å². The molecule has 0 bridgehead atoms. The Labute approximate surface area is 277 Å². The minimum Gasteiger partial charge on any atom is -0.481 e. The van der Waals surface area contributed by atoms with Gasteiger partial charge >= 0.3 is 30.2 Å². The highest BCUT2D eigenvalue weighted by Gasteiger charge is 2.31. The molecule has 252 valence electrons. The maximum atomic E-state index is 13.4. The third-order valence-electron chi connectivity index (χ3n) is 7.75. The highest BCUT2D eigenvalue weighted by Crippen LogP contribution is 2.40. The first-order chi connectivity index (χ1) is 23.3. The lowest BCUT2D eigenvalue weighted by atomic mass is 9.71. The molecule has 0 spiro atoms. The Bertz CT molecular complexity index is 1830. The van der Waals surface area contributed by atoms with Crippen LogP contribution in [0.15, 0.2) is 133 Å². The first-order valence-corrected chi connectivity index (χ1v) is 14.6. The molecule has 0 aliphatic heterocycles. The van der Waals surface area contributed by atoms with Crippen LogP contribution in [0, 0.1) is 0 Å². The molecule has 0 heterocycles. The zero-order valence-electron chi connectivity index (χ0n) is 26.0. The smallest absolute Gasteiger partial charge is 0.344 e. The van der Waals surface area contributed by atoms with Gasteiger partial charge in [0.25, 0.3) is 0 Å². The van der Waals surface area contributed by atoms with Crippen molar-refractivity contribution in [2.75, 3.05) is 0 Å². The van der Waals surface area contributed by atoms with E-state index in [1.54, 1.807) is 91.9 Å². The van der Waals surface area contributed by atoms with Gasteiger partial charge in [0.05, 0.1) is 5.92 Å². The number of hydrogen-bond acceptors (Lipinski definition) is 4. The number of carbonyl (C=O) groups is 2. The summed E-state index contributed by atoms with van der Waals surface area (Å²) in [5, 5.41) is 9.15. The second-order valence-corrected chi connectivity index (χ2v) is 10.9. The normalized spacial score (nSPS) is 12.1. The highest BCUT2D eigenvalue weighted by atomic mass is 19.3. The molecule has 4 aromatic rings. The van der Waals surface area contributed by atoms with E-state index in [1.807, 2.05) is 6.92 Å². The maximum Gasteiger partial charge on any atom is 0.344 e.